The molecule has 1 aliphatic rings. The number of hydrogen-bond acceptors (Lipinski definition) is 1. The average molecular weight is 178 g/mol. The molecule has 69 valence electrons. The van der Waals surface area contributed by atoms with Gasteiger partial charge in [0.2, 0.25) is 0 Å². The molecule has 0 atom stereocenters. The van der Waals surface area contributed by atoms with Crippen molar-refractivity contribution in [3.63, 3.8) is 0 Å². The second-order valence-electron chi connectivity index (χ2n) is 3.44. The molecule has 0 bridgehead atoms. The van der Waals surface area contributed by atoms with E-state index >= 15 is 0 Å². The van der Waals surface area contributed by atoms with Gasteiger partial charge in [-0.25, -0.2) is 4.39 Å². The van der Waals surface area contributed by atoms with Crippen molar-refractivity contribution in [1.82, 2.24) is 4.90 Å². The molecule has 1 fully saturated rings. The van der Waals surface area contributed by atoms with E-state index < -0.39 is 0 Å². The average Bonchev–Trinajstić information content (AvgIpc) is 2.62. The van der Waals surface area contributed by atoms with Gasteiger partial charge in [0, 0.05) is 13.1 Å². The van der Waals surface area contributed by atoms with E-state index in [1.165, 1.54) is 24.1 Å². The van der Waals surface area contributed by atoms with Gasteiger partial charge in [0.25, 0.3) is 0 Å². The van der Waals surface area contributed by atoms with Crippen molar-refractivity contribution >= 4 is 0 Å². The molecule has 0 unspecified atom stereocenters. The van der Waals surface area contributed by atoms with Gasteiger partial charge in [-0.2, -0.15) is 0 Å². The molecule has 1 aliphatic heterocycles. The second-order valence-corrected chi connectivity index (χ2v) is 3.44. The monoisotopic (exact) mass is 178 g/mol. The van der Waals surface area contributed by atoms with E-state index in [-0.39, 0.29) is 5.82 Å². The number of likely N-dealkylation sites (tertiary alicyclic amines) is 1. The minimum Gasteiger partial charge on any atom is -0.299 e. The maximum atomic E-state index is 12.6. The van der Waals surface area contributed by atoms with Crippen molar-refractivity contribution in [3.05, 3.63) is 42.1 Å². The van der Waals surface area contributed by atoms with Gasteiger partial charge in [-0.05, 0) is 37.1 Å². The Morgan fingerprint density at radius 3 is 2.62 bits per heavy atom. The Kier molecular flexibility index (Phi) is 2.60. The standard InChI is InChI=1S/C11H13FN/c12-11-5-3-10(4-6-11)9-13-7-1-2-8-13/h1,3-6H,2,7-9H2. The number of halogens is 1. The Bertz CT molecular complexity index is 262. The van der Waals surface area contributed by atoms with Gasteiger partial charge in [0.05, 0.1) is 0 Å². The SMILES string of the molecule is Fc1ccc(CN2C[CH]CC2)cc1. The highest BCUT2D eigenvalue weighted by Crippen LogP contribution is 2.12. The Balaban J connectivity index is 1.97. The van der Waals surface area contributed by atoms with Crippen molar-refractivity contribution in [3.8, 4) is 0 Å². The third-order valence-electron chi connectivity index (χ3n) is 2.36. The first-order chi connectivity index (χ1) is 6.34. The summed E-state index contributed by atoms with van der Waals surface area (Å²) in [6.07, 6.45) is 3.46. The van der Waals surface area contributed by atoms with E-state index in [4.69, 9.17) is 0 Å². The molecule has 0 amide bonds. The molecule has 0 aromatic heterocycles. The van der Waals surface area contributed by atoms with Crippen LogP contribution in [0.1, 0.15) is 12.0 Å². The van der Waals surface area contributed by atoms with Crippen LogP contribution in [0.4, 0.5) is 4.39 Å². The molecule has 0 spiro atoms. The smallest absolute Gasteiger partial charge is 0.123 e. The highest BCUT2D eigenvalue weighted by Gasteiger charge is 2.11. The number of nitrogens with zero attached hydrogens (tertiary/aromatic N) is 1. The van der Waals surface area contributed by atoms with Crippen LogP contribution in [-0.4, -0.2) is 18.0 Å². The Labute approximate surface area is 78.2 Å². The summed E-state index contributed by atoms with van der Waals surface area (Å²) in [7, 11) is 0. The molecule has 2 rings (SSSR count). The normalized spacial score (nSPS) is 17.9. The van der Waals surface area contributed by atoms with E-state index in [1.54, 1.807) is 0 Å². The van der Waals surface area contributed by atoms with Gasteiger partial charge < -0.3 is 0 Å². The molecule has 1 radical (unpaired) electrons. The lowest BCUT2D eigenvalue weighted by Gasteiger charge is -2.13. The van der Waals surface area contributed by atoms with Gasteiger partial charge in [-0.3, -0.25) is 4.90 Å². The van der Waals surface area contributed by atoms with Crippen LogP contribution in [0.2, 0.25) is 0 Å². The lowest BCUT2D eigenvalue weighted by molar-refractivity contribution is 0.337. The molecular weight excluding hydrogens is 165 g/mol. The molecule has 1 aromatic carbocycles. The topological polar surface area (TPSA) is 3.24 Å². The first kappa shape index (κ1) is 8.70. The van der Waals surface area contributed by atoms with E-state index in [9.17, 15) is 4.39 Å². The molecule has 1 saturated heterocycles. The molecule has 0 saturated carbocycles. The summed E-state index contributed by atoms with van der Waals surface area (Å²) in [5.74, 6) is -0.156. The van der Waals surface area contributed by atoms with Gasteiger partial charge >= 0.3 is 0 Å². The highest BCUT2D eigenvalue weighted by molar-refractivity contribution is 5.16. The molecule has 0 aliphatic carbocycles. The predicted octanol–water partition coefficient (Wildman–Crippen LogP) is 2.24. The maximum Gasteiger partial charge on any atom is 0.123 e. The molecule has 13 heavy (non-hydrogen) atoms. The van der Waals surface area contributed by atoms with Gasteiger partial charge in [-0.1, -0.05) is 12.1 Å². The fraction of sp³-hybridized carbons (Fsp3) is 0.364. The van der Waals surface area contributed by atoms with Crippen molar-refractivity contribution < 1.29 is 4.39 Å². The van der Waals surface area contributed by atoms with Gasteiger partial charge in [-0.15, -0.1) is 0 Å². The van der Waals surface area contributed by atoms with Crippen LogP contribution in [0.3, 0.4) is 0 Å². The number of hydrogen-bond donors (Lipinski definition) is 0. The summed E-state index contributed by atoms with van der Waals surface area (Å²) < 4.78 is 12.6. The highest BCUT2D eigenvalue weighted by atomic mass is 19.1. The Hall–Kier alpha value is -0.890. The molecule has 1 nitrogen and oxygen atoms in total. The minimum atomic E-state index is -0.156. The van der Waals surface area contributed by atoms with Crippen LogP contribution in [0.25, 0.3) is 0 Å². The van der Waals surface area contributed by atoms with Crippen molar-refractivity contribution in [2.75, 3.05) is 13.1 Å². The van der Waals surface area contributed by atoms with Gasteiger partial charge in [0.15, 0.2) is 0 Å². The quantitative estimate of drug-likeness (QED) is 0.671. The van der Waals surface area contributed by atoms with E-state index in [0.717, 1.165) is 19.6 Å². The summed E-state index contributed by atoms with van der Waals surface area (Å²) in [5.41, 5.74) is 1.19. The third-order valence-corrected chi connectivity index (χ3v) is 2.36. The zero-order valence-corrected chi connectivity index (χ0v) is 7.54. The summed E-state index contributed by atoms with van der Waals surface area (Å²) >= 11 is 0. The van der Waals surface area contributed by atoms with Crippen molar-refractivity contribution in [2.45, 2.75) is 13.0 Å². The predicted molar refractivity (Wildman–Crippen MR) is 50.6 cm³/mol. The fourth-order valence-corrected chi connectivity index (χ4v) is 1.63. The summed E-state index contributed by atoms with van der Waals surface area (Å²) in [6, 6.07) is 6.76. The van der Waals surface area contributed by atoms with Crippen LogP contribution in [0.5, 0.6) is 0 Å². The van der Waals surface area contributed by atoms with Gasteiger partial charge in [0.1, 0.15) is 5.82 Å². The lowest BCUT2D eigenvalue weighted by atomic mass is 10.2. The van der Waals surface area contributed by atoms with Crippen LogP contribution >= 0.6 is 0 Å². The maximum absolute atomic E-state index is 12.6. The first-order valence-corrected chi connectivity index (χ1v) is 4.63. The zero-order valence-electron chi connectivity index (χ0n) is 7.54. The zero-order chi connectivity index (χ0) is 9.10. The van der Waals surface area contributed by atoms with Crippen LogP contribution < -0.4 is 0 Å². The van der Waals surface area contributed by atoms with E-state index in [2.05, 4.69) is 11.3 Å². The molecule has 1 aromatic rings. The molecule has 2 heteroatoms. The molecular formula is C11H13FN. The second kappa shape index (κ2) is 3.88. The minimum absolute atomic E-state index is 0.156. The summed E-state index contributed by atoms with van der Waals surface area (Å²) in [5, 5.41) is 0. The van der Waals surface area contributed by atoms with Crippen LogP contribution in [0.15, 0.2) is 24.3 Å². The van der Waals surface area contributed by atoms with E-state index in [0.29, 0.717) is 0 Å². The largest absolute Gasteiger partial charge is 0.299 e. The molecule has 0 N–H and O–H groups in total. The lowest BCUT2D eigenvalue weighted by Crippen LogP contribution is -2.18. The van der Waals surface area contributed by atoms with Crippen LogP contribution in [0, 0.1) is 12.2 Å². The van der Waals surface area contributed by atoms with Crippen molar-refractivity contribution in [2.24, 2.45) is 0 Å². The number of rotatable bonds is 2. The summed E-state index contributed by atoms with van der Waals surface area (Å²) in [4.78, 5) is 2.35. The Morgan fingerprint density at radius 2 is 2.00 bits per heavy atom. The molecule has 1 heterocycles. The first-order valence-electron chi connectivity index (χ1n) is 4.63. The van der Waals surface area contributed by atoms with E-state index in [1.807, 2.05) is 12.1 Å². The third kappa shape index (κ3) is 2.28. The van der Waals surface area contributed by atoms with Crippen molar-refractivity contribution in [1.29, 1.82) is 0 Å². The van der Waals surface area contributed by atoms with Crippen LogP contribution in [-0.2, 0) is 6.54 Å². The Morgan fingerprint density at radius 1 is 1.23 bits per heavy atom. The fourth-order valence-electron chi connectivity index (χ4n) is 1.63. The number of benzene rings is 1. The summed E-state index contributed by atoms with van der Waals surface area (Å²) in [6.45, 7) is 3.14.